The van der Waals surface area contributed by atoms with Crippen LogP contribution in [0, 0.1) is 6.92 Å². The lowest BCUT2D eigenvalue weighted by Crippen LogP contribution is -2.26. The Labute approximate surface area is 174 Å². The highest BCUT2D eigenvalue weighted by Crippen LogP contribution is 2.19. The highest BCUT2D eigenvalue weighted by atomic mass is 32.2. The minimum Gasteiger partial charge on any atom is -0.487 e. The highest BCUT2D eigenvalue weighted by Gasteiger charge is 2.14. The van der Waals surface area contributed by atoms with Crippen LogP contribution in [0.2, 0.25) is 0 Å². The number of ether oxygens (including phenoxy) is 1. The Bertz CT molecular complexity index is 1110. The van der Waals surface area contributed by atoms with Crippen LogP contribution in [-0.4, -0.2) is 25.6 Å². The van der Waals surface area contributed by atoms with Gasteiger partial charge in [0.2, 0.25) is 0 Å². The van der Waals surface area contributed by atoms with E-state index in [1.54, 1.807) is 59.9 Å². The van der Waals surface area contributed by atoms with Gasteiger partial charge >= 0.3 is 0 Å². The standard InChI is InChI=1S/C21H22N2O4S2/c1-14(16-7-9-20(10-8-16)29(3,25)26)22-21(24)17-5-4-6-19(11-17)27-12-18-13-28-15(2)23-18/h4-11,13-14H,12H2,1-3H3,(H,22,24)/t14-/m0/s1. The molecule has 1 heterocycles. The van der Waals surface area contributed by atoms with E-state index in [2.05, 4.69) is 10.3 Å². The molecule has 3 rings (SSSR count). The second-order valence-electron chi connectivity index (χ2n) is 6.71. The van der Waals surface area contributed by atoms with Crippen molar-refractivity contribution < 1.29 is 17.9 Å². The van der Waals surface area contributed by atoms with Gasteiger partial charge < -0.3 is 10.1 Å². The molecule has 2 aromatic carbocycles. The summed E-state index contributed by atoms with van der Waals surface area (Å²) in [5.74, 6) is 0.355. The molecule has 0 radical (unpaired) electrons. The van der Waals surface area contributed by atoms with Gasteiger partial charge in [-0.2, -0.15) is 0 Å². The molecule has 3 aromatic rings. The number of carbonyl (C=O) groups excluding carboxylic acids is 1. The van der Waals surface area contributed by atoms with Crippen LogP contribution < -0.4 is 10.1 Å². The molecule has 0 bridgehead atoms. The number of hydrogen-bond acceptors (Lipinski definition) is 6. The molecule has 6 nitrogen and oxygen atoms in total. The summed E-state index contributed by atoms with van der Waals surface area (Å²) in [7, 11) is -3.25. The monoisotopic (exact) mass is 430 g/mol. The number of rotatable bonds is 7. The minimum atomic E-state index is -3.25. The first-order chi connectivity index (χ1) is 13.7. The van der Waals surface area contributed by atoms with E-state index in [0.717, 1.165) is 22.5 Å². The van der Waals surface area contributed by atoms with Crippen LogP contribution in [0.4, 0.5) is 0 Å². The van der Waals surface area contributed by atoms with Crippen LogP contribution in [0.25, 0.3) is 0 Å². The molecule has 8 heteroatoms. The molecule has 152 valence electrons. The number of sulfone groups is 1. The van der Waals surface area contributed by atoms with Crippen molar-refractivity contribution in [3.8, 4) is 5.75 Å². The maximum Gasteiger partial charge on any atom is 0.251 e. The molecule has 1 amide bonds. The van der Waals surface area contributed by atoms with Crippen molar-refractivity contribution in [2.75, 3.05) is 6.26 Å². The number of nitrogens with one attached hydrogen (secondary N) is 1. The van der Waals surface area contributed by atoms with Crippen LogP contribution in [-0.2, 0) is 16.4 Å². The Kier molecular flexibility index (Phi) is 6.34. The first-order valence-corrected chi connectivity index (χ1v) is 11.7. The van der Waals surface area contributed by atoms with E-state index in [9.17, 15) is 13.2 Å². The van der Waals surface area contributed by atoms with Crippen molar-refractivity contribution in [1.82, 2.24) is 10.3 Å². The second kappa shape index (κ2) is 8.75. The first-order valence-electron chi connectivity index (χ1n) is 8.97. The van der Waals surface area contributed by atoms with Gasteiger partial charge in [-0.1, -0.05) is 18.2 Å². The lowest BCUT2D eigenvalue weighted by Gasteiger charge is -2.15. The zero-order chi connectivity index (χ0) is 21.0. The lowest BCUT2D eigenvalue weighted by atomic mass is 10.1. The summed E-state index contributed by atoms with van der Waals surface area (Å²) in [4.78, 5) is 17.2. The maximum atomic E-state index is 12.6. The van der Waals surface area contributed by atoms with Gasteiger partial charge in [-0.05, 0) is 49.7 Å². The van der Waals surface area contributed by atoms with Crippen molar-refractivity contribution in [3.05, 3.63) is 75.7 Å². The maximum absolute atomic E-state index is 12.6. The smallest absolute Gasteiger partial charge is 0.251 e. The largest absolute Gasteiger partial charge is 0.487 e. The fourth-order valence-corrected chi connectivity index (χ4v) is 3.95. The zero-order valence-corrected chi connectivity index (χ0v) is 18.0. The quantitative estimate of drug-likeness (QED) is 0.614. The van der Waals surface area contributed by atoms with Crippen LogP contribution in [0.15, 0.2) is 58.8 Å². The highest BCUT2D eigenvalue weighted by molar-refractivity contribution is 7.90. The van der Waals surface area contributed by atoms with Gasteiger partial charge in [-0.15, -0.1) is 11.3 Å². The molecule has 1 aromatic heterocycles. The molecule has 0 aliphatic carbocycles. The predicted molar refractivity (Wildman–Crippen MR) is 113 cm³/mol. The number of thiazole rings is 1. The average molecular weight is 431 g/mol. The van der Waals surface area contributed by atoms with Crippen molar-refractivity contribution in [2.24, 2.45) is 0 Å². The molecule has 0 aliphatic rings. The number of aryl methyl sites for hydroxylation is 1. The SMILES string of the molecule is Cc1nc(COc2cccc(C(=O)N[C@@H](C)c3ccc(S(C)(=O)=O)cc3)c2)cs1. The molecule has 0 spiro atoms. The third-order valence-electron chi connectivity index (χ3n) is 4.31. The summed E-state index contributed by atoms with van der Waals surface area (Å²) >= 11 is 1.57. The van der Waals surface area contributed by atoms with Gasteiger partial charge in [0.15, 0.2) is 9.84 Å². The van der Waals surface area contributed by atoms with Gasteiger partial charge in [-0.25, -0.2) is 13.4 Å². The van der Waals surface area contributed by atoms with E-state index < -0.39 is 9.84 Å². The zero-order valence-electron chi connectivity index (χ0n) is 16.4. The van der Waals surface area contributed by atoms with E-state index in [-0.39, 0.29) is 16.8 Å². The normalized spacial score (nSPS) is 12.4. The third kappa shape index (κ3) is 5.65. The third-order valence-corrected chi connectivity index (χ3v) is 6.26. The predicted octanol–water partition coefficient (Wildman–Crippen LogP) is 3.93. The van der Waals surface area contributed by atoms with E-state index in [1.807, 2.05) is 19.2 Å². The van der Waals surface area contributed by atoms with Crippen LogP contribution >= 0.6 is 11.3 Å². The van der Waals surface area contributed by atoms with Crippen molar-refractivity contribution >= 4 is 27.1 Å². The van der Waals surface area contributed by atoms with E-state index in [1.165, 1.54) is 0 Å². The van der Waals surface area contributed by atoms with E-state index in [0.29, 0.717) is 17.9 Å². The summed E-state index contributed by atoms with van der Waals surface area (Å²) in [6.45, 7) is 4.13. The number of carbonyl (C=O) groups is 1. The Balaban J connectivity index is 1.64. The van der Waals surface area contributed by atoms with Gasteiger partial charge in [0.05, 0.1) is 21.6 Å². The number of aromatic nitrogens is 1. The lowest BCUT2D eigenvalue weighted by molar-refractivity contribution is 0.0939. The van der Waals surface area contributed by atoms with Crippen LogP contribution in [0.1, 0.15) is 39.6 Å². The first kappa shape index (κ1) is 21.0. The average Bonchev–Trinajstić information content (AvgIpc) is 3.11. The second-order valence-corrected chi connectivity index (χ2v) is 9.79. The van der Waals surface area contributed by atoms with Crippen LogP contribution in [0.5, 0.6) is 5.75 Å². The molecule has 0 saturated heterocycles. The number of benzene rings is 2. The summed E-state index contributed by atoms with van der Waals surface area (Å²) in [5, 5.41) is 5.85. The topological polar surface area (TPSA) is 85.4 Å². The summed E-state index contributed by atoms with van der Waals surface area (Å²) in [5.41, 5.74) is 2.15. The Morgan fingerprint density at radius 3 is 2.55 bits per heavy atom. The molecule has 29 heavy (non-hydrogen) atoms. The molecule has 0 unspecified atom stereocenters. The Morgan fingerprint density at radius 2 is 1.93 bits per heavy atom. The van der Waals surface area contributed by atoms with Gasteiger partial charge in [0.25, 0.3) is 5.91 Å². The molecular weight excluding hydrogens is 408 g/mol. The van der Waals surface area contributed by atoms with Crippen molar-refractivity contribution in [3.63, 3.8) is 0 Å². The fourth-order valence-electron chi connectivity index (χ4n) is 2.73. The molecule has 1 atom stereocenters. The van der Waals surface area contributed by atoms with Crippen LogP contribution in [0.3, 0.4) is 0 Å². The van der Waals surface area contributed by atoms with E-state index in [4.69, 9.17) is 4.74 Å². The molecule has 0 aliphatic heterocycles. The Hall–Kier alpha value is -2.71. The van der Waals surface area contributed by atoms with Gasteiger partial charge in [-0.3, -0.25) is 4.79 Å². The van der Waals surface area contributed by atoms with Crippen molar-refractivity contribution in [2.45, 2.75) is 31.4 Å². The van der Waals surface area contributed by atoms with Gasteiger partial charge in [0, 0.05) is 17.2 Å². The number of hydrogen-bond donors (Lipinski definition) is 1. The Morgan fingerprint density at radius 1 is 1.21 bits per heavy atom. The molecule has 0 fully saturated rings. The summed E-state index contributed by atoms with van der Waals surface area (Å²) < 4.78 is 28.9. The molecule has 0 saturated carbocycles. The van der Waals surface area contributed by atoms with E-state index >= 15 is 0 Å². The minimum absolute atomic E-state index is 0.236. The fraction of sp³-hybridized carbons (Fsp3) is 0.238. The number of nitrogens with zero attached hydrogens (tertiary/aromatic N) is 1. The van der Waals surface area contributed by atoms with Gasteiger partial charge in [0.1, 0.15) is 12.4 Å². The van der Waals surface area contributed by atoms with Crippen molar-refractivity contribution in [1.29, 1.82) is 0 Å². The molecule has 1 N–H and O–H groups in total. The summed E-state index contributed by atoms with van der Waals surface area (Å²) in [6, 6.07) is 13.2. The molecular formula is C21H22N2O4S2. The summed E-state index contributed by atoms with van der Waals surface area (Å²) in [6.07, 6.45) is 1.16. The number of amides is 1.